The van der Waals surface area contributed by atoms with Crippen LogP contribution in [0.4, 0.5) is 4.79 Å². The molecule has 2 amide bonds. The Morgan fingerprint density at radius 3 is 1.91 bits per heavy atom. The first-order chi connectivity index (χ1) is 16.4. The number of amides is 2. The largest absolute Gasteiger partial charge is 0.459 e. The average molecular weight is 470 g/mol. The third-order valence-corrected chi connectivity index (χ3v) is 5.21. The molecule has 0 saturated carbocycles. The van der Waals surface area contributed by atoms with Crippen molar-refractivity contribution in [2.45, 2.75) is 58.4 Å². The molecule has 0 heterocycles. The lowest BCUT2D eigenvalue weighted by Gasteiger charge is -2.24. The first-order valence-electron chi connectivity index (χ1n) is 11.6. The van der Waals surface area contributed by atoms with E-state index in [0.29, 0.717) is 19.4 Å². The molecule has 2 rings (SSSR count). The van der Waals surface area contributed by atoms with Crippen molar-refractivity contribution in [1.29, 1.82) is 0 Å². The smallest absolute Gasteiger partial charge is 0.408 e. The van der Waals surface area contributed by atoms with E-state index in [0.717, 1.165) is 17.5 Å². The van der Waals surface area contributed by atoms with Crippen molar-refractivity contribution in [1.82, 2.24) is 10.6 Å². The fourth-order valence-corrected chi connectivity index (χ4v) is 3.26. The van der Waals surface area contributed by atoms with Gasteiger partial charge in [-0.2, -0.15) is 0 Å². The normalized spacial score (nSPS) is 12.5. The lowest BCUT2D eigenvalue weighted by atomic mass is 10.0. The Kier molecular flexibility index (Phi) is 11.6. The minimum absolute atomic E-state index is 0.0899. The number of nitrogens with one attached hydrogen (secondary N) is 2. The monoisotopic (exact) mass is 469 g/mol. The quantitative estimate of drug-likeness (QED) is 0.306. The number of benzene rings is 2. The lowest BCUT2D eigenvalue weighted by Crippen LogP contribution is -2.54. The van der Waals surface area contributed by atoms with Crippen molar-refractivity contribution in [3.63, 3.8) is 0 Å². The van der Waals surface area contributed by atoms with E-state index in [4.69, 9.17) is 15.2 Å². The molecule has 34 heavy (non-hydrogen) atoms. The van der Waals surface area contributed by atoms with Crippen molar-refractivity contribution in [3.8, 4) is 0 Å². The molecule has 0 aliphatic carbocycles. The second kappa shape index (κ2) is 14.7. The van der Waals surface area contributed by atoms with Gasteiger partial charge in [-0.15, -0.1) is 0 Å². The SMILES string of the molecule is CC(C)[C@@H](NC(=O)OCc1ccccc1)C(=O)N[C@@H](CCCCN)C(=O)OCc1ccccc1. The Labute approximate surface area is 201 Å². The third kappa shape index (κ3) is 9.62. The summed E-state index contributed by atoms with van der Waals surface area (Å²) in [5.41, 5.74) is 7.27. The number of hydrogen-bond donors (Lipinski definition) is 3. The fraction of sp³-hybridized carbons (Fsp3) is 0.423. The van der Waals surface area contributed by atoms with Gasteiger partial charge in [-0.25, -0.2) is 9.59 Å². The topological polar surface area (TPSA) is 120 Å². The van der Waals surface area contributed by atoms with Crippen molar-refractivity contribution in [3.05, 3.63) is 71.8 Å². The maximum Gasteiger partial charge on any atom is 0.408 e. The van der Waals surface area contributed by atoms with E-state index in [2.05, 4.69) is 10.6 Å². The molecule has 0 saturated heterocycles. The molecule has 0 bridgehead atoms. The number of rotatable bonds is 13. The highest BCUT2D eigenvalue weighted by atomic mass is 16.5. The molecule has 184 valence electrons. The summed E-state index contributed by atoms with van der Waals surface area (Å²) >= 11 is 0. The molecule has 4 N–H and O–H groups in total. The maximum atomic E-state index is 13.0. The molecule has 8 nitrogen and oxygen atoms in total. The predicted octanol–water partition coefficient (Wildman–Crippen LogP) is 3.29. The van der Waals surface area contributed by atoms with Gasteiger partial charge in [0.25, 0.3) is 0 Å². The number of nitrogens with two attached hydrogens (primary N) is 1. The van der Waals surface area contributed by atoms with E-state index in [1.54, 1.807) is 13.8 Å². The summed E-state index contributed by atoms with van der Waals surface area (Å²) in [6.07, 6.45) is 1.06. The van der Waals surface area contributed by atoms with E-state index >= 15 is 0 Å². The molecule has 0 aliphatic heterocycles. The van der Waals surface area contributed by atoms with Gasteiger partial charge >= 0.3 is 12.1 Å². The van der Waals surface area contributed by atoms with Crippen LogP contribution < -0.4 is 16.4 Å². The van der Waals surface area contributed by atoms with Crippen molar-refractivity contribution >= 4 is 18.0 Å². The Balaban J connectivity index is 1.96. The highest BCUT2D eigenvalue weighted by molar-refractivity contribution is 5.89. The first-order valence-corrected chi connectivity index (χ1v) is 11.6. The van der Waals surface area contributed by atoms with Crippen molar-refractivity contribution in [2.24, 2.45) is 11.7 Å². The molecule has 2 aromatic rings. The maximum absolute atomic E-state index is 13.0. The molecule has 0 fully saturated rings. The van der Waals surface area contributed by atoms with Crippen LogP contribution in [-0.4, -0.2) is 36.6 Å². The van der Waals surface area contributed by atoms with Gasteiger partial charge in [0.2, 0.25) is 5.91 Å². The zero-order chi connectivity index (χ0) is 24.8. The number of esters is 1. The Hall–Kier alpha value is -3.39. The van der Waals surface area contributed by atoms with Crippen LogP contribution in [0.25, 0.3) is 0 Å². The summed E-state index contributed by atoms with van der Waals surface area (Å²) in [6.45, 7) is 4.30. The van der Waals surface area contributed by atoms with Crippen molar-refractivity contribution in [2.75, 3.05) is 6.54 Å². The van der Waals surface area contributed by atoms with Crippen LogP contribution in [0.2, 0.25) is 0 Å². The lowest BCUT2D eigenvalue weighted by molar-refractivity contribution is -0.149. The fourth-order valence-electron chi connectivity index (χ4n) is 3.26. The van der Waals surface area contributed by atoms with E-state index in [1.807, 2.05) is 60.7 Å². The molecule has 0 aliphatic rings. The van der Waals surface area contributed by atoms with Crippen LogP contribution in [0.1, 0.15) is 44.2 Å². The minimum atomic E-state index is -0.873. The number of alkyl carbamates (subject to hydrolysis) is 1. The Morgan fingerprint density at radius 1 is 0.824 bits per heavy atom. The standard InChI is InChI=1S/C26H35N3O5/c1-19(2)23(29-26(32)34-18-21-13-7-4-8-14-21)24(30)28-22(15-9-10-16-27)25(31)33-17-20-11-5-3-6-12-20/h3-8,11-14,19,22-23H,9-10,15-18,27H2,1-2H3,(H,28,30)(H,29,32)/t22-,23+/m0/s1. The van der Waals surface area contributed by atoms with Crippen LogP contribution in [0.15, 0.2) is 60.7 Å². The van der Waals surface area contributed by atoms with Gasteiger partial charge in [0, 0.05) is 0 Å². The number of unbranched alkanes of at least 4 members (excludes halogenated alkanes) is 1. The van der Waals surface area contributed by atoms with Gasteiger partial charge < -0.3 is 25.8 Å². The van der Waals surface area contributed by atoms with Crippen molar-refractivity contribution < 1.29 is 23.9 Å². The Bertz CT molecular complexity index is 890. The van der Waals surface area contributed by atoms with Gasteiger partial charge in [-0.3, -0.25) is 4.79 Å². The summed E-state index contributed by atoms with van der Waals surface area (Å²) in [7, 11) is 0. The van der Waals surface area contributed by atoms with E-state index in [9.17, 15) is 14.4 Å². The van der Waals surface area contributed by atoms with Crippen LogP contribution in [0.5, 0.6) is 0 Å². The van der Waals surface area contributed by atoms with Gasteiger partial charge in [0.15, 0.2) is 0 Å². The van der Waals surface area contributed by atoms with E-state index in [-0.39, 0.29) is 19.1 Å². The molecule has 0 radical (unpaired) electrons. The number of carbonyl (C=O) groups is 3. The van der Waals surface area contributed by atoms with Gasteiger partial charge in [-0.05, 0) is 42.9 Å². The molecule has 0 spiro atoms. The molecule has 0 unspecified atom stereocenters. The summed E-state index contributed by atoms with van der Waals surface area (Å²) in [6, 6.07) is 16.9. The molecule has 0 aromatic heterocycles. The second-order valence-corrected chi connectivity index (χ2v) is 8.37. The highest BCUT2D eigenvalue weighted by Gasteiger charge is 2.29. The van der Waals surface area contributed by atoms with Crippen LogP contribution >= 0.6 is 0 Å². The zero-order valence-corrected chi connectivity index (χ0v) is 19.9. The zero-order valence-electron chi connectivity index (χ0n) is 19.9. The molecule has 2 aromatic carbocycles. The second-order valence-electron chi connectivity index (χ2n) is 8.37. The number of hydrogen-bond acceptors (Lipinski definition) is 6. The van der Waals surface area contributed by atoms with Crippen LogP contribution in [0.3, 0.4) is 0 Å². The van der Waals surface area contributed by atoms with E-state index in [1.165, 1.54) is 0 Å². The summed E-state index contributed by atoms with van der Waals surface area (Å²) < 4.78 is 10.7. The van der Waals surface area contributed by atoms with Gasteiger partial charge in [0.05, 0.1) is 0 Å². The molecular formula is C26H35N3O5. The predicted molar refractivity (Wildman–Crippen MR) is 129 cm³/mol. The van der Waals surface area contributed by atoms with Crippen LogP contribution in [-0.2, 0) is 32.3 Å². The average Bonchev–Trinajstić information content (AvgIpc) is 2.85. The van der Waals surface area contributed by atoms with E-state index < -0.39 is 30.1 Å². The summed E-state index contributed by atoms with van der Waals surface area (Å²) in [5.74, 6) is -1.22. The first kappa shape index (κ1) is 26.9. The minimum Gasteiger partial charge on any atom is -0.459 e. The number of carbonyl (C=O) groups excluding carboxylic acids is 3. The molecule has 8 heteroatoms. The van der Waals surface area contributed by atoms with Gasteiger partial charge in [0.1, 0.15) is 25.3 Å². The third-order valence-electron chi connectivity index (χ3n) is 5.21. The van der Waals surface area contributed by atoms with Gasteiger partial charge in [-0.1, -0.05) is 74.5 Å². The highest BCUT2D eigenvalue weighted by Crippen LogP contribution is 2.09. The molecular weight excluding hydrogens is 434 g/mol. The summed E-state index contributed by atoms with van der Waals surface area (Å²) in [5, 5.41) is 5.36. The Morgan fingerprint density at radius 2 is 1.38 bits per heavy atom. The van der Waals surface area contributed by atoms with Crippen LogP contribution in [0, 0.1) is 5.92 Å². The molecule has 2 atom stereocenters. The summed E-state index contributed by atoms with van der Waals surface area (Å²) in [4.78, 5) is 38.0. The number of ether oxygens (including phenoxy) is 2.